The number of nitrogens with zero attached hydrogens (tertiary/aromatic N) is 1. The average Bonchev–Trinajstić information content (AvgIpc) is 2.99. The fourth-order valence-electron chi connectivity index (χ4n) is 3.85. The van der Waals surface area contributed by atoms with Crippen LogP contribution in [0, 0.1) is 30.1 Å². The zero-order valence-corrected chi connectivity index (χ0v) is 32.5. The molecule has 0 atom stereocenters. The molecule has 3 aromatic rings. The molecule has 0 unspecified atom stereocenters. The van der Waals surface area contributed by atoms with Crippen molar-refractivity contribution in [1.29, 1.82) is 0 Å². The molecule has 0 bridgehead atoms. The Morgan fingerprint density at radius 1 is 0.673 bits per heavy atom. The topological polar surface area (TPSA) is 78.5 Å². The molecule has 0 saturated heterocycles. The standard InChI is InChI=1S/C15H23NO.2C12H11Cl2NO/c1-12(2)16(14(17)15(3,4)5)11-13-9-7-6-8-10-13;2*1-4-12(2,3)15-11(16)8-5-9(13)7-10(14)6-8/h6-10,12H,11H2,1-5H3;2*1,5-7H,2-3H3,(H,15,16). The Kier molecular flexibility index (Phi) is 16.8. The van der Waals surface area contributed by atoms with Crippen molar-refractivity contribution in [2.45, 2.75) is 86.0 Å². The number of carbonyl (C=O) groups is 3. The minimum absolute atomic E-state index is 0.205. The SMILES string of the molecule is C#CC(C)(C)NC(=O)c1cc(Cl)cc(Cl)c1.C#CC(C)(C)NC(=O)c1cc(Cl)cc(Cl)c1.CC(C)N(Cc1ccccc1)C(=O)C(C)(C)C. The van der Waals surface area contributed by atoms with Crippen molar-refractivity contribution in [3.8, 4) is 24.7 Å². The Bertz CT molecular complexity index is 1550. The van der Waals surface area contributed by atoms with Crippen LogP contribution >= 0.6 is 46.4 Å². The molecule has 0 spiro atoms. The van der Waals surface area contributed by atoms with Crippen LogP contribution in [-0.2, 0) is 11.3 Å². The molecule has 0 fully saturated rings. The molecule has 0 radical (unpaired) electrons. The molecular weight excluding hydrogens is 700 g/mol. The maximum Gasteiger partial charge on any atom is 0.252 e. The molecule has 3 aromatic carbocycles. The molecule has 0 aliphatic heterocycles. The first kappa shape index (κ1) is 43.4. The number of hydrogen-bond acceptors (Lipinski definition) is 3. The largest absolute Gasteiger partial charge is 0.336 e. The van der Waals surface area contributed by atoms with Crippen molar-refractivity contribution in [2.75, 3.05) is 0 Å². The van der Waals surface area contributed by atoms with Crippen LogP contribution in [0.1, 0.15) is 88.6 Å². The van der Waals surface area contributed by atoms with E-state index in [1.54, 1.807) is 39.8 Å². The number of carbonyl (C=O) groups excluding carboxylic acids is 3. The highest BCUT2D eigenvalue weighted by Gasteiger charge is 2.28. The number of benzene rings is 3. The summed E-state index contributed by atoms with van der Waals surface area (Å²) in [7, 11) is 0. The average molecular weight is 746 g/mol. The second-order valence-corrected chi connectivity index (χ2v) is 15.3. The first-order chi connectivity index (χ1) is 22.5. The van der Waals surface area contributed by atoms with Gasteiger partial charge in [0.15, 0.2) is 0 Å². The summed E-state index contributed by atoms with van der Waals surface area (Å²) in [5.74, 6) is 4.55. The fourth-order valence-corrected chi connectivity index (χ4v) is 4.91. The maximum atomic E-state index is 12.3. The summed E-state index contributed by atoms with van der Waals surface area (Å²) in [6.07, 6.45) is 10.6. The van der Waals surface area contributed by atoms with Crippen molar-refractivity contribution < 1.29 is 14.4 Å². The summed E-state index contributed by atoms with van der Waals surface area (Å²) in [4.78, 5) is 37.9. The smallest absolute Gasteiger partial charge is 0.252 e. The number of halogens is 4. The molecule has 10 heteroatoms. The minimum Gasteiger partial charge on any atom is -0.336 e. The van der Waals surface area contributed by atoms with Crippen LogP contribution in [0.2, 0.25) is 20.1 Å². The van der Waals surface area contributed by atoms with Crippen LogP contribution in [0.3, 0.4) is 0 Å². The molecule has 0 aromatic heterocycles. The van der Waals surface area contributed by atoms with E-state index in [9.17, 15) is 14.4 Å². The maximum absolute atomic E-state index is 12.3. The highest BCUT2D eigenvalue weighted by atomic mass is 35.5. The zero-order valence-electron chi connectivity index (χ0n) is 29.5. The minimum atomic E-state index is -0.703. The van der Waals surface area contributed by atoms with Crippen molar-refractivity contribution >= 4 is 64.1 Å². The summed E-state index contributed by atoms with van der Waals surface area (Å²) in [5.41, 5.74) is 0.233. The normalized spacial score (nSPS) is 11.0. The number of hydrogen-bond donors (Lipinski definition) is 2. The van der Waals surface area contributed by atoms with E-state index in [-0.39, 0.29) is 29.2 Å². The lowest BCUT2D eigenvalue weighted by Crippen LogP contribution is -2.43. The monoisotopic (exact) mass is 743 g/mol. The lowest BCUT2D eigenvalue weighted by molar-refractivity contribution is -0.142. The summed E-state index contributed by atoms with van der Waals surface area (Å²) < 4.78 is 0. The third-order valence-corrected chi connectivity index (χ3v) is 7.42. The van der Waals surface area contributed by atoms with E-state index in [2.05, 4.69) is 48.5 Å². The summed E-state index contributed by atoms with van der Waals surface area (Å²) in [5, 5.41) is 7.02. The molecule has 3 rings (SSSR count). The van der Waals surface area contributed by atoms with Gasteiger partial charge in [0.2, 0.25) is 5.91 Å². The highest BCUT2D eigenvalue weighted by Crippen LogP contribution is 2.22. The molecule has 0 heterocycles. The third kappa shape index (κ3) is 16.1. The van der Waals surface area contributed by atoms with Crippen molar-refractivity contribution in [2.24, 2.45) is 5.41 Å². The number of terminal acetylenes is 2. The molecule has 0 aliphatic carbocycles. The predicted molar refractivity (Wildman–Crippen MR) is 205 cm³/mol. The van der Waals surface area contributed by atoms with Crippen LogP contribution in [0.25, 0.3) is 0 Å². The molecule has 6 nitrogen and oxygen atoms in total. The molecule has 2 N–H and O–H groups in total. The van der Waals surface area contributed by atoms with Crippen LogP contribution in [0.4, 0.5) is 0 Å². The molecule has 0 aliphatic rings. The second-order valence-electron chi connectivity index (χ2n) is 13.5. The second kappa shape index (κ2) is 18.9. The van der Waals surface area contributed by atoms with Gasteiger partial charge >= 0.3 is 0 Å². The van der Waals surface area contributed by atoms with Gasteiger partial charge in [0.25, 0.3) is 11.8 Å². The van der Waals surface area contributed by atoms with Gasteiger partial charge in [-0.15, -0.1) is 12.8 Å². The predicted octanol–water partition coefficient (Wildman–Crippen LogP) is 9.74. The van der Waals surface area contributed by atoms with Gasteiger partial charge in [0.1, 0.15) is 0 Å². The van der Waals surface area contributed by atoms with Gasteiger partial charge in [-0.25, -0.2) is 0 Å². The molecule has 3 amide bonds. The van der Waals surface area contributed by atoms with Gasteiger partial charge in [-0.05, 0) is 83.5 Å². The lowest BCUT2D eigenvalue weighted by atomic mass is 9.93. The van der Waals surface area contributed by atoms with Gasteiger partial charge < -0.3 is 15.5 Å². The van der Waals surface area contributed by atoms with Crippen LogP contribution in [0.5, 0.6) is 0 Å². The first-order valence-electron chi connectivity index (χ1n) is 15.4. The number of rotatable bonds is 7. The van der Waals surface area contributed by atoms with Crippen LogP contribution < -0.4 is 10.6 Å². The molecule has 262 valence electrons. The molecule has 49 heavy (non-hydrogen) atoms. The van der Waals surface area contributed by atoms with E-state index >= 15 is 0 Å². The van der Waals surface area contributed by atoms with Crippen molar-refractivity contribution in [3.63, 3.8) is 0 Å². The number of nitrogens with one attached hydrogen (secondary N) is 2. The van der Waals surface area contributed by atoms with Crippen LogP contribution in [0.15, 0.2) is 66.7 Å². The summed E-state index contributed by atoms with van der Waals surface area (Å²) in [6, 6.07) is 19.6. The van der Waals surface area contributed by atoms with Gasteiger partial charge in [-0.2, -0.15) is 0 Å². The van der Waals surface area contributed by atoms with Crippen molar-refractivity contribution in [1.82, 2.24) is 15.5 Å². The zero-order chi connectivity index (χ0) is 37.7. The Morgan fingerprint density at radius 3 is 1.31 bits per heavy atom. The Morgan fingerprint density at radius 2 is 1.02 bits per heavy atom. The van der Waals surface area contributed by atoms with Gasteiger partial charge in [-0.1, -0.05) is 109 Å². The van der Waals surface area contributed by atoms with E-state index < -0.39 is 11.1 Å². The Hall–Kier alpha value is -3.65. The quantitative estimate of drug-likeness (QED) is 0.237. The van der Waals surface area contributed by atoms with E-state index in [4.69, 9.17) is 59.3 Å². The Labute approximate surface area is 312 Å². The van der Waals surface area contributed by atoms with Gasteiger partial charge in [0.05, 0.1) is 11.1 Å². The number of amides is 3. The van der Waals surface area contributed by atoms with Crippen molar-refractivity contribution in [3.05, 3.63) is 104 Å². The van der Waals surface area contributed by atoms with Gasteiger partial charge in [0, 0.05) is 49.2 Å². The highest BCUT2D eigenvalue weighted by molar-refractivity contribution is 6.35. The third-order valence-electron chi connectivity index (χ3n) is 6.54. The fraction of sp³-hybridized carbons (Fsp3) is 0.359. The van der Waals surface area contributed by atoms with E-state index in [0.29, 0.717) is 37.8 Å². The molecular formula is C39H45Cl4N3O3. The lowest BCUT2D eigenvalue weighted by Gasteiger charge is -2.32. The van der Waals surface area contributed by atoms with Crippen LogP contribution in [-0.4, -0.2) is 39.7 Å². The molecule has 0 saturated carbocycles. The van der Waals surface area contributed by atoms with Gasteiger partial charge in [-0.3, -0.25) is 14.4 Å². The summed E-state index contributed by atoms with van der Waals surface area (Å²) >= 11 is 23.2. The first-order valence-corrected chi connectivity index (χ1v) is 16.9. The Balaban J connectivity index is 0.000000368. The van der Waals surface area contributed by atoms with E-state index in [1.807, 2.05) is 43.9 Å². The van der Waals surface area contributed by atoms with E-state index in [1.165, 1.54) is 29.8 Å². The van der Waals surface area contributed by atoms with E-state index in [0.717, 1.165) is 0 Å². The summed E-state index contributed by atoms with van der Waals surface area (Å²) in [6.45, 7) is 17.6.